The zero-order valence-corrected chi connectivity index (χ0v) is 16.5. The Morgan fingerprint density at radius 2 is 2.07 bits per heavy atom. The van der Waals surface area contributed by atoms with Crippen molar-refractivity contribution < 1.29 is 19.7 Å². The van der Waals surface area contributed by atoms with Gasteiger partial charge in [-0.1, -0.05) is 0 Å². The standard InChI is InChI=1S/C20H18N4O4S/c1-11(14-5-4-13(25)8-17(14)26)23-24-16(10-29-20(24)21-2)12-3-6-18-15(7-12)22-19(27)9-28-18/h3-8,10,25-26H,9H2,1-2H3,(H,22,27). The highest BCUT2D eigenvalue weighted by Crippen LogP contribution is 2.33. The Labute approximate surface area is 170 Å². The lowest BCUT2D eigenvalue weighted by atomic mass is 10.1. The summed E-state index contributed by atoms with van der Waals surface area (Å²) in [5.41, 5.74) is 3.25. The number of phenols is 2. The SMILES string of the molecule is CN=c1scc(-c2ccc3c(c2)NC(=O)CO3)n1N=C(C)c1ccc(O)cc1O. The van der Waals surface area contributed by atoms with E-state index in [1.165, 1.54) is 23.5 Å². The first-order valence-corrected chi connectivity index (χ1v) is 9.62. The Morgan fingerprint density at radius 3 is 2.83 bits per heavy atom. The number of rotatable bonds is 3. The third-order valence-electron chi connectivity index (χ3n) is 4.41. The topological polar surface area (TPSA) is 108 Å². The molecule has 0 atom stereocenters. The Morgan fingerprint density at radius 1 is 1.24 bits per heavy atom. The third-order valence-corrected chi connectivity index (χ3v) is 5.31. The zero-order valence-electron chi connectivity index (χ0n) is 15.7. The first kappa shape index (κ1) is 18.8. The number of nitrogens with zero attached hydrogens (tertiary/aromatic N) is 3. The summed E-state index contributed by atoms with van der Waals surface area (Å²) in [5, 5.41) is 29.0. The van der Waals surface area contributed by atoms with Crippen LogP contribution in [0.15, 0.2) is 51.9 Å². The summed E-state index contributed by atoms with van der Waals surface area (Å²) in [4.78, 5) is 16.6. The highest BCUT2D eigenvalue weighted by atomic mass is 32.1. The second-order valence-corrected chi connectivity index (χ2v) is 7.21. The van der Waals surface area contributed by atoms with E-state index < -0.39 is 0 Å². The quantitative estimate of drug-likeness (QED) is 0.577. The van der Waals surface area contributed by atoms with Crippen molar-refractivity contribution in [2.75, 3.05) is 19.0 Å². The Bertz CT molecular complexity index is 1210. The molecule has 2 aromatic carbocycles. The minimum atomic E-state index is -0.200. The van der Waals surface area contributed by atoms with Gasteiger partial charge in [-0.05, 0) is 37.3 Å². The fourth-order valence-electron chi connectivity index (χ4n) is 3.02. The van der Waals surface area contributed by atoms with Crippen molar-refractivity contribution >= 4 is 28.6 Å². The van der Waals surface area contributed by atoms with Gasteiger partial charge in [0.2, 0.25) is 4.80 Å². The van der Waals surface area contributed by atoms with Gasteiger partial charge in [0.25, 0.3) is 5.91 Å². The number of ether oxygens (including phenoxy) is 1. The van der Waals surface area contributed by atoms with Crippen molar-refractivity contribution in [1.82, 2.24) is 4.68 Å². The van der Waals surface area contributed by atoms with Crippen LogP contribution in [0.1, 0.15) is 12.5 Å². The van der Waals surface area contributed by atoms with E-state index in [1.807, 2.05) is 17.5 Å². The van der Waals surface area contributed by atoms with E-state index in [2.05, 4.69) is 15.4 Å². The maximum Gasteiger partial charge on any atom is 0.262 e. The van der Waals surface area contributed by atoms with Gasteiger partial charge in [0.15, 0.2) is 6.61 Å². The third kappa shape index (κ3) is 3.59. The molecular weight excluding hydrogens is 392 g/mol. The summed E-state index contributed by atoms with van der Waals surface area (Å²) >= 11 is 1.42. The van der Waals surface area contributed by atoms with Gasteiger partial charge in [-0.25, -0.2) is 4.68 Å². The molecule has 3 aromatic rings. The number of aromatic nitrogens is 1. The van der Waals surface area contributed by atoms with E-state index in [1.54, 1.807) is 30.8 Å². The number of carbonyl (C=O) groups is 1. The highest BCUT2D eigenvalue weighted by molar-refractivity contribution is 7.07. The molecule has 8 nitrogen and oxygen atoms in total. The van der Waals surface area contributed by atoms with Crippen molar-refractivity contribution in [2.45, 2.75) is 6.92 Å². The van der Waals surface area contributed by atoms with Gasteiger partial charge < -0.3 is 20.3 Å². The van der Waals surface area contributed by atoms with Crippen LogP contribution in [0.5, 0.6) is 17.2 Å². The maximum atomic E-state index is 11.6. The fourth-order valence-corrected chi connectivity index (χ4v) is 3.82. The molecule has 3 N–H and O–H groups in total. The average Bonchev–Trinajstić information content (AvgIpc) is 3.09. The Hall–Kier alpha value is -3.59. The molecule has 0 saturated heterocycles. The average molecular weight is 410 g/mol. The lowest BCUT2D eigenvalue weighted by molar-refractivity contribution is -0.118. The van der Waals surface area contributed by atoms with Crippen molar-refractivity contribution in [3.05, 3.63) is 52.1 Å². The van der Waals surface area contributed by atoms with Crippen LogP contribution >= 0.6 is 11.3 Å². The molecular formula is C20H18N4O4S. The van der Waals surface area contributed by atoms with Crippen molar-refractivity contribution in [2.24, 2.45) is 10.1 Å². The molecule has 1 amide bonds. The number of hydrogen-bond donors (Lipinski definition) is 3. The number of phenolic OH excluding ortho intramolecular Hbond substituents is 2. The number of amides is 1. The smallest absolute Gasteiger partial charge is 0.262 e. The predicted octanol–water partition coefficient (Wildman–Crippen LogP) is 2.76. The van der Waals surface area contributed by atoms with Crippen LogP contribution in [-0.2, 0) is 4.79 Å². The molecule has 0 aliphatic carbocycles. The number of nitrogens with one attached hydrogen (secondary N) is 1. The van der Waals surface area contributed by atoms with Gasteiger partial charge in [0.1, 0.15) is 17.2 Å². The predicted molar refractivity (Wildman–Crippen MR) is 111 cm³/mol. The summed E-state index contributed by atoms with van der Waals surface area (Å²) in [5.74, 6) is 0.329. The summed E-state index contributed by atoms with van der Waals surface area (Å²) in [7, 11) is 1.68. The number of fused-ring (bicyclic) bond motifs is 1. The lowest BCUT2D eigenvalue weighted by Gasteiger charge is -2.18. The van der Waals surface area contributed by atoms with Crippen molar-refractivity contribution in [3.63, 3.8) is 0 Å². The molecule has 0 unspecified atom stereocenters. The Kier molecular flexibility index (Phi) is 4.81. The first-order chi connectivity index (χ1) is 14.0. The van der Waals surface area contributed by atoms with Gasteiger partial charge in [-0.3, -0.25) is 9.79 Å². The van der Waals surface area contributed by atoms with Gasteiger partial charge in [-0.15, -0.1) is 11.3 Å². The normalized spacial score (nSPS) is 14.3. The molecule has 0 fully saturated rings. The van der Waals surface area contributed by atoms with Gasteiger partial charge in [-0.2, -0.15) is 5.10 Å². The summed E-state index contributed by atoms with van der Waals surface area (Å²) in [6.07, 6.45) is 0. The van der Waals surface area contributed by atoms with Crippen molar-refractivity contribution in [3.8, 4) is 28.5 Å². The van der Waals surface area contributed by atoms with Crippen LogP contribution in [0.2, 0.25) is 0 Å². The van der Waals surface area contributed by atoms with E-state index in [-0.39, 0.29) is 24.0 Å². The first-order valence-electron chi connectivity index (χ1n) is 8.74. The van der Waals surface area contributed by atoms with E-state index in [4.69, 9.17) is 4.74 Å². The van der Waals surface area contributed by atoms with Gasteiger partial charge >= 0.3 is 0 Å². The van der Waals surface area contributed by atoms with Crippen LogP contribution in [0.4, 0.5) is 5.69 Å². The van der Waals surface area contributed by atoms with Crippen LogP contribution in [0, 0.1) is 0 Å². The summed E-state index contributed by atoms with van der Waals surface area (Å²) in [6, 6.07) is 9.88. The van der Waals surface area contributed by atoms with Crippen LogP contribution in [0.25, 0.3) is 11.3 Å². The molecule has 0 bridgehead atoms. The minimum absolute atomic E-state index is 0.00325. The second kappa shape index (κ2) is 7.44. The zero-order chi connectivity index (χ0) is 20.5. The van der Waals surface area contributed by atoms with Crippen LogP contribution in [0.3, 0.4) is 0 Å². The Balaban J connectivity index is 1.81. The molecule has 1 aromatic heterocycles. The molecule has 9 heteroatoms. The summed E-state index contributed by atoms with van der Waals surface area (Å²) in [6.45, 7) is 1.77. The lowest BCUT2D eigenvalue weighted by Crippen LogP contribution is -2.25. The number of aromatic hydroxyl groups is 2. The number of carbonyl (C=O) groups excluding carboxylic acids is 1. The van der Waals surface area contributed by atoms with E-state index in [0.29, 0.717) is 27.5 Å². The molecule has 4 rings (SSSR count). The maximum absolute atomic E-state index is 11.6. The molecule has 148 valence electrons. The number of anilines is 1. The molecule has 0 saturated carbocycles. The molecule has 29 heavy (non-hydrogen) atoms. The molecule has 0 spiro atoms. The molecule has 1 aliphatic rings. The van der Waals surface area contributed by atoms with Gasteiger partial charge in [0, 0.05) is 29.6 Å². The van der Waals surface area contributed by atoms with E-state index in [9.17, 15) is 15.0 Å². The monoisotopic (exact) mass is 410 g/mol. The van der Waals surface area contributed by atoms with Gasteiger partial charge in [0.05, 0.1) is 17.1 Å². The second-order valence-electron chi connectivity index (χ2n) is 6.37. The molecule has 0 radical (unpaired) electrons. The largest absolute Gasteiger partial charge is 0.508 e. The van der Waals surface area contributed by atoms with Crippen LogP contribution in [-0.4, -0.2) is 40.2 Å². The van der Waals surface area contributed by atoms with Crippen molar-refractivity contribution in [1.29, 1.82) is 0 Å². The number of thiazole rings is 1. The summed E-state index contributed by atoms with van der Waals surface area (Å²) < 4.78 is 7.10. The minimum Gasteiger partial charge on any atom is -0.508 e. The van der Waals surface area contributed by atoms with Crippen LogP contribution < -0.4 is 14.9 Å². The number of benzene rings is 2. The number of hydrogen-bond acceptors (Lipinski definition) is 7. The molecule has 2 heterocycles. The molecule has 1 aliphatic heterocycles. The highest BCUT2D eigenvalue weighted by Gasteiger charge is 2.18. The van der Waals surface area contributed by atoms with E-state index >= 15 is 0 Å². The fraction of sp³-hybridized carbons (Fsp3) is 0.150. The van der Waals surface area contributed by atoms with E-state index in [0.717, 1.165) is 11.3 Å².